The minimum atomic E-state index is -0.333. The quantitative estimate of drug-likeness (QED) is 0.500. The van der Waals surface area contributed by atoms with Crippen molar-refractivity contribution in [3.8, 4) is 28.1 Å². The molecule has 2 aromatic carbocycles. The van der Waals surface area contributed by atoms with E-state index in [-0.39, 0.29) is 11.7 Å². The van der Waals surface area contributed by atoms with Gasteiger partial charge in [-0.3, -0.25) is 14.9 Å². The predicted molar refractivity (Wildman–Crippen MR) is 116 cm³/mol. The number of ether oxygens (including phenoxy) is 1. The van der Waals surface area contributed by atoms with E-state index >= 15 is 0 Å². The normalized spacial score (nSPS) is 10.7. The molecule has 0 atom stereocenters. The Morgan fingerprint density at radius 2 is 1.68 bits per heavy atom. The number of benzene rings is 2. The summed E-state index contributed by atoms with van der Waals surface area (Å²) in [4.78, 5) is 19.0. The van der Waals surface area contributed by atoms with Crippen LogP contribution < -0.4 is 4.74 Å². The van der Waals surface area contributed by atoms with Crippen LogP contribution in [-0.2, 0) is 6.54 Å². The van der Waals surface area contributed by atoms with Crippen LogP contribution in [0.3, 0.4) is 0 Å². The fourth-order valence-electron chi connectivity index (χ4n) is 3.38. The Kier molecular flexibility index (Phi) is 5.75. The second-order valence-electron chi connectivity index (χ2n) is 7.07. The number of nitrogens with zero attached hydrogens (tertiary/aromatic N) is 3. The lowest BCUT2D eigenvalue weighted by atomic mass is 9.99. The van der Waals surface area contributed by atoms with E-state index in [1.807, 2.05) is 36.4 Å². The molecule has 0 aliphatic rings. The molecule has 0 bridgehead atoms. The SMILES string of the molecule is COc1ccc(CN(C)C(=O)c2[nH]nc(-c3ccc(F)cc3)c2-c2ccncc2)cc1. The Bertz CT molecular complexity index is 1170. The summed E-state index contributed by atoms with van der Waals surface area (Å²) in [5, 5.41) is 7.29. The maximum Gasteiger partial charge on any atom is 0.272 e. The minimum absolute atomic E-state index is 0.205. The number of pyridine rings is 1. The molecule has 6 nitrogen and oxygen atoms in total. The number of hydrogen-bond acceptors (Lipinski definition) is 4. The Hall–Kier alpha value is -4.00. The number of H-pyrrole nitrogens is 1. The highest BCUT2D eigenvalue weighted by Crippen LogP contribution is 2.33. The van der Waals surface area contributed by atoms with Gasteiger partial charge in [-0.05, 0) is 59.7 Å². The standard InChI is InChI=1S/C24H21FN4O2/c1-29(15-16-3-9-20(31-2)10-4-16)24(30)23-21(17-11-13-26-14-12-17)22(27-28-23)18-5-7-19(25)8-6-18/h3-14H,15H2,1-2H3,(H,27,28). The van der Waals surface area contributed by atoms with E-state index in [2.05, 4.69) is 15.2 Å². The van der Waals surface area contributed by atoms with Crippen LogP contribution in [0.2, 0.25) is 0 Å². The molecule has 1 amide bonds. The average Bonchev–Trinajstić information content (AvgIpc) is 3.25. The lowest BCUT2D eigenvalue weighted by Crippen LogP contribution is -2.27. The average molecular weight is 416 g/mol. The van der Waals surface area contributed by atoms with Crippen LogP contribution in [0.4, 0.5) is 4.39 Å². The zero-order valence-corrected chi connectivity index (χ0v) is 17.2. The largest absolute Gasteiger partial charge is 0.497 e. The molecule has 0 radical (unpaired) electrons. The van der Waals surface area contributed by atoms with Crippen molar-refractivity contribution in [2.45, 2.75) is 6.54 Å². The number of nitrogens with one attached hydrogen (secondary N) is 1. The lowest BCUT2D eigenvalue weighted by Gasteiger charge is -2.17. The molecular weight excluding hydrogens is 395 g/mol. The van der Waals surface area contributed by atoms with Crippen molar-refractivity contribution in [2.24, 2.45) is 0 Å². The number of rotatable bonds is 6. The predicted octanol–water partition coefficient (Wildman–Crippen LogP) is 4.56. The maximum absolute atomic E-state index is 13.4. The lowest BCUT2D eigenvalue weighted by molar-refractivity contribution is 0.0780. The molecular formula is C24H21FN4O2. The van der Waals surface area contributed by atoms with E-state index in [4.69, 9.17) is 4.74 Å². The number of halogens is 1. The van der Waals surface area contributed by atoms with Gasteiger partial charge in [-0.25, -0.2) is 4.39 Å². The van der Waals surface area contributed by atoms with Crippen molar-refractivity contribution in [2.75, 3.05) is 14.2 Å². The highest BCUT2D eigenvalue weighted by Gasteiger charge is 2.24. The fourth-order valence-corrected chi connectivity index (χ4v) is 3.38. The fraction of sp³-hybridized carbons (Fsp3) is 0.125. The molecule has 0 aliphatic heterocycles. The second kappa shape index (κ2) is 8.79. The van der Waals surface area contributed by atoms with Gasteiger partial charge < -0.3 is 9.64 Å². The topological polar surface area (TPSA) is 71.1 Å². The van der Waals surface area contributed by atoms with Crippen LogP contribution in [0, 0.1) is 5.82 Å². The maximum atomic E-state index is 13.4. The van der Waals surface area contributed by atoms with E-state index in [0.717, 1.165) is 16.9 Å². The zero-order valence-electron chi connectivity index (χ0n) is 17.2. The Labute approximate surface area is 179 Å². The highest BCUT2D eigenvalue weighted by molar-refractivity contribution is 6.02. The van der Waals surface area contributed by atoms with Gasteiger partial charge in [0, 0.05) is 37.1 Å². The molecule has 0 saturated carbocycles. The molecule has 0 spiro atoms. The third-order valence-corrected chi connectivity index (χ3v) is 4.99. The van der Waals surface area contributed by atoms with Gasteiger partial charge in [-0.2, -0.15) is 5.10 Å². The van der Waals surface area contributed by atoms with Crippen LogP contribution in [0.25, 0.3) is 22.4 Å². The van der Waals surface area contributed by atoms with Gasteiger partial charge >= 0.3 is 0 Å². The first-order chi connectivity index (χ1) is 15.1. The van der Waals surface area contributed by atoms with Crippen LogP contribution in [0.1, 0.15) is 16.1 Å². The van der Waals surface area contributed by atoms with Crippen molar-refractivity contribution < 1.29 is 13.9 Å². The summed E-state index contributed by atoms with van der Waals surface area (Å²) in [6, 6.07) is 17.2. The van der Waals surface area contributed by atoms with E-state index < -0.39 is 0 Å². The smallest absolute Gasteiger partial charge is 0.272 e. The van der Waals surface area contributed by atoms with Crippen molar-refractivity contribution in [3.63, 3.8) is 0 Å². The number of hydrogen-bond donors (Lipinski definition) is 1. The van der Waals surface area contributed by atoms with E-state index in [9.17, 15) is 9.18 Å². The van der Waals surface area contributed by atoms with Gasteiger partial charge in [0.25, 0.3) is 5.91 Å². The van der Waals surface area contributed by atoms with Gasteiger partial charge in [0.05, 0.1) is 7.11 Å². The molecule has 2 heterocycles. The van der Waals surface area contributed by atoms with Crippen LogP contribution in [0.5, 0.6) is 5.75 Å². The molecule has 4 aromatic rings. The molecule has 0 fully saturated rings. The summed E-state index contributed by atoms with van der Waals surface area (Å²) >= 11 is 0. The van der Waals surface area contributed by atoms with Crippen molar-refractivity contribution in [1.82, 2.24) is 20.1 Å². The molecule has 156 valence electrons. The van der Waals surface area contributed by atoms with Gasteiger partial charge in [0.15, 0.2) is 0 Å². The number of carbonyl (C=O) groups is 1. The van der Waals surface area contributed by atoms with Crippen LogP contribution >= 0.6 is 0 Å². The Balaban J connectivity index is 1.69. The van der Waals surface area contributed by atoms with Crippen LogP contribution in [-0.4, -0.2) is 40.1 Å². The third-order valence-electron chi connectivity index (χ3n) is 4.99. The van der Waals surface area contributed by atoms with Gasteiger partial charge in [-0.1, -0.05) is 12.1 Å². The van der Waals surface area contributed by atoms with Gasteiger partial charge in [-0.15, -0.1) is 0 Å². The Morgan fingerprint density at radius 1 is 1.00 bits per heavy atom. The van der Waals surface area contributed by atoms with Gasteiger partial charge in [0.1, 0.15) is 23.0 Å². The highest BCUT2D eigenvalue weighted by atomic mass is 19.1. The molecule has 1 N–H and O–H groups in total. The molecule has 0 unspecified atom stereocenters. The Morgan fingerprint density at radius 3 is 2.32 bits per heavy atom. The van der Waals surface area contributed by atoms with Crippen molar-refractivity contribution >= 4 is 5.91 Å². The van der Waals surface area contributed by atoms with E-state index in [0.29, 0.717) is 29.1 Å². The summed E-state index contributed by atoms with van der Waals surface area (Å²) in [5.74, 6) is 0.221. The number of methoxy groups -OCH3 is 1. The first-order valence-electron chi connectivity index (χ1n) is 9.70. The summed E-state index contributed by atoms with van der Waals surface area (Å²) in [7, 11) is 3.35. The van der Waals surface area contributed by atoms with Crippen molar-refractivity contribution in [3.05, 3.63) is 90.1 Å². The minimum Gasteiger partial charge on any atom is -0.497 e. The molecule has 31 heavy (non-hydrogen) atoms. The first-order valence-corrected chi connectivity index (χ1v) is 9.70. The molecule has 0 aliphatic carbocycles. The summed E-state index contributed by atoms with van der Waals surface area (Å²) < 4.78 is 18.6. The number of aromatic amines is 1. The molecule has 2 aromatic heterocycles. The van der Waals surface area contributed by atoms with E-state index in [1.165, 1.54) is 12.1 Å². The molecule has 7 heteroatoms. The molecule has 0 saturated heterocycles. The van der Waals surface area contributed by atoms with E-state index in [1.54, 1.807) is 43.6 Å². The number of amides is 1. The first kappa shape index (κ1) is 20.3. The zero-order chi connectivity index (χ0) is 21.8. The number of aromatic nitrogens is 3. The monoisotopic (exact) mass is 416 g/mol. The van der Waals surface area contributed by atoms with Crippen molar-refractivity contribution in [1.29, 1.82) is 0 Å². The number of carbonyl (C=O) groups excluding carboxylic acids is 1. The molecule has 4 rings (SSSR count). The second-order valence-corrected chi connectivity index (χ2v) is 7.07. The van der Waals surface area contributed by atoms with Gasteiger partial charge in [0.2, 0.25) is 0 Å². The summed E-state index contributed by atoms with van der Waals surface area (Å²) in [6.07, 6.45) is 3.32. The summed E-state index contributed by atoms with van der Waals surface area (Å²) in [5.41, 5.74) is 4.07. The third kappa shape index (κ3) is 4.30. The summed E-state index contributed by atoms with van der Waals surface area (Å²) in [6.45, 7) is 0.420. The van der Waals surface area contributed by atoms with Crippen LogP contribution in [0.15, 0.2) is 73.1 Å².